The second kappa shape index (κ2) is 8.21. The van der Waals surface area contributed by atoms with Crippen LogP contribution in [0.2, 0.25) is 0 Å². The number of nitrogens with one attached hydrogen (secondary N) is 1. The van der Waals surface area contributed by atoms with Gasteiger partial charge in [0.05, 0.1) is 0 Å². The van der Waals surface area contributed by atoms with Gasteiger partial charge in [-0.1, -0.05) is 30.3 Å². The van der Waals surface area contributed by atoms with Gasteiger partial charge >= 0.3 is 0 Å². The first-order valence-electron chi connectivity index (χ1n) is 8.47. The van der Waals surface area contributed by atoms with Gasteiger partial charge in [-0.2, -0.15) is 0 Å². The van der Waals surface area contributed by atoms with E-state index >= 15 is 0 Å². The lowest BCUT2D eigenvalue weighted by molar-refractivity contribution is 0.102. The third-order valence-electron chi connectivity index (χ3n) is 4.01. The molecule has 0 aliphatic rings. The minimum atomic E-state index is -0.141. The van der Waals surface area contributed by atoms with Crippen LogP contribution >= 0.6 is 0 Å². The van der Waals surface area contributed by atoms with E-state index in [1.807, 2.05) is 85.7 Å². The molecule has 26 heavy (non-hydrogen) atoms. The molecular weight excluding hydrogens is 324 g/mol. The number of hydrogen-bond acceptors (Lipinski definition) is 3. The standard InChI is InChI=1S/C22H22N2O2/c1-24(2)20-12-10-19(11-13-20)23-22(25)18-8-14-21(15-9-18)26-16-17-6-4-3-5-7-17/h3-15H,16H2,1-2H3,(H,23,25). The monoisotopic (exact) mass is 346 g/mol. The van der Waals surface area contributed by atoms with Gasteiger partial charge in [0.2, 0.25) is 0 Å². The van der Waals surface area contributed by atoms with E-state index in [1.54, 1.807) is 12.1 Å². The predicted octanol–water partition coefficient (Wildman–Crippen LogP) is 4.58. The van der Waals surface area contributed by atoms with Crippen molar-refractivity contribution in [2.45, 2.75) is 6.61 Å². The molecule has 0 saturated heterocycles. The molecular formula is C22H22N2O2. The van der Waals surface area contributed by atoms with Crippen LogP contribution in [0.1, 0.15) is 15.9 Å². The van der Waals surface area contributed by atoms with Gasteiger partial charge in [0.25, 0.3) is 5.91 Å². The summed E-state index contributed by atoms with van der Waals surface area (Å²) in [5.41, 5.74) is 3.55. The molecule has 3 aromatic carbocycles. The van der Waals surface area contributed by atoms with Crippen LogP contribution in [0.25, 0.3) is 0 Å². The molecule has 3 aromatic rings. The van der Waals surface area contributed by atoms with Crippen LogP contribution in [-0.2, 0) is 6.61 Å². The summed E-state index contributed by atoms with van der Waals surface area (Å²) < 4.78 is 5.74. The Kier molecular flexibility index (Phi) is 5.54. The van der Waals surface area contributed by atoms with E-state index in [-0.39, 0.29) is 5.91 Å². The molecule has 1 N–H and O–H groups in total. The zero-order valence-corrected chi connectivity index (χ0v) is 15.0. The fourth-order valence-electron chi connectivity index (χ4n) is 2.49. The number of nitrogens with zero attached hydrogens (tertiary/aromatic N) is 1. The average Bonchev–Trinajstić information content (AvgIpc) is 2.68. The average molecular weight is 346 g/mol. The van der Waals surface area contributed by atoms with Gasteiger partial charge in [-0.25, -0.2) is 0 Å². The Bertz CT molecular complexity index is 842. The largest absolute Gasteiger partial charge is 0.489 e. The number of ether oxygens (including phenoxy) is 1. The summed E-state index contributed by atoms with van der Waals surface area (Å²) in [6, 6.07) is 24.9. The van der Waals surface area contributed by atoms with E-state index in [4.69, 9.17) is 4.74 Å². The maximum absolute atomic E-state index is 12.4. The van der Waals surface area contributed by atoms with Crippen LogP contribution in [-0.4, -0.2) is 20.0 Å². The van der Waals surface area contributed by atoms with Crippen molar-refractivity contribution in [2.75, 3.05) is 24.3 Å². The van der Waals surface area contributed by atoms with Gasteiger partial charge in [0, 0.05) is 31.0 Å². The van der Waals surface area contributed by atoms with Gasteiger partial charge in [-0.05, 0) is 54.1 Å². The van der Waals surface area contributed by atoms with Crippen LogP contribution in [0.5, 0.6) is 5.75 Å². The number of anilines is 2. The third-order valence-corrected chi connectivity index (χ3v) is 4.01. The first-order chi connectivity index (χ1) is 12.6. The quantitative estimate of drug-likeness (QED) is 0.710. The normalized spacial score (nSPS) is 10.2. The van der Waals surface area contributed by atoms with Crippen molar-refractivity contribution in [3.63, 3.8) is 0 Å². The minimum absolute atomic E-state index is 0.141. The van der Waals surface area contributed by atoms with Gasteiger partial charge in [0.15, 0.2) is 0 Å². The molecule has 0 fully saturated rings. The molecule has 0 saturated carbocycles. The smallest absolute Gasteiger partial charge is 0.255 e. The van der Waals surface area contributed by atoms with Crippen LogP contribution in [0.15, 0.2) is 78.9 Å². The first kappa shape index (κ1) is 17.5. The fraction of sp³-hybridized carbons (Fsp3) is 0.136. The molecule has 3 rings (SSSR count). The van der Waals surface area contributed by atoms with Crippen molar-refractivity contribution in [3.8, 4) is 5.75 Å². The molecule has 0 aromatic heterocycles. The van der Waals surface area contributed by atoms with E-state index in [1.165, 1.54) is 0 Å². The van der Waals surface area contributed by atoms with Gasteiger partial charge in [-0.3, -0.25) is 4.79 Å². The van der Waals surface area contributed by atoms with Crippen LogP contribution in [0.3, 0.4) is 0 Å². The lowest BCUT2D eigenvalue weighted by Gasteiger charge is -2.13. The van der Waals surface area contributed by atoms with Crippen LogP contribution in [0.4, 0.5) is 11.4 Å². The van der Waals surface area contributed by atoms with E-state index < -0.39 is 0 Å². The second-order valence-corrected chi connectivity index (χ2v) is 6.19. The highest BCUT2D eigenvalue weighted by molar-refractivity contribution is 6.04. The van der Waals surface area contributed by atoms with Gasteiger partial charge in [0.1, 0.15) is 12.4 Å². The Hall–Kier alpha value is -3.27. The molecule has 0 bridgehead atoms. The van der Waals surface area contributed by atoms with Crippen molar-refractivity contribution in [1.29, 1.82) is 0 Å². The highest BCUT2D eigenvalue weighted by Gasteiger charge is 2.07. The molecule has 0 aliphatic heterocycles. The molecule has 0 heterocycles. The van der Waals surface area contributed by atoms with Crippen LogP contribution < -0.4 is 15.0 Å². The summed E-state index contributed by atoms with van der Waals surface area (Å²) in [7, 11) is 3.96. The third kappa shape index (κ3) is 4.63. The maximum Gasteiger partial charge on any atom is 0.255 e. The summed E-state index contributed by atoms with van der Waals surface area (Å²) in [5.74, 6) is 0.595. The lowest BCUT2D eigenvalue weighted by atomic mass is 10.2. The highest BCUT2D eigenvalue weighted by Crippen LogP contribution is 2.18. The molecule has 0 spiro atoms. The van der Waals surface area contributed by atoms with Crippen molar-refractivity contribution < 1.29 is 9.53 Å². The second-order valence-electron chi connectivity index (χ2n) is 6.19. The molecule has 4 nitrogen and oxygen atoms in total. The van der Waals surface area contributed by atoms with E-state index in [9.17, 15) is 4.79 Å². The molecule has 4 heteroatoms. The van der Waals surface area contributed by atoms with Crippen LogP contribution in [0, 0.1) is 0 Å². The highest BCUT2D eigenvalue weighted by atomic mass is 16.5. The molecule has 132 valence electrons. The van der Waals surface area contributed by atoms with Crippen molar-refractivity contribution in [1.82, 2.24) is 0 Å². The molecule has 0 radical (unpaired) electrons. The summed E-state index contributed by atoms with van der Waals surface area (Å²) >= 11 is 0. The van der Waals surface area contributed by atoms with E-state index in [2.05, 4.69) is 5.32 Å². The molecule has 0 unspecified atom stereocenters. The lowest BCUT2D eigenvalue weighted by Crippen LogP contribution is -2.12. The molecule has 1 amide bonds. The Morgan fingerprint density at radius 2 is 1.54 bits per heavy atom. The van der Waals surface area contributed by atoms with Crippen molar-refractivity contribution >= 4 is 17.3 Å². The summed E-state index contributed by atoms with van der Waals surface area (Å²) in [6.07, 6.45) is 0. The fourth-order valence-corrected chi connectivity index (χ4v) is 2.49. The maximum atomic E-state index is 12.4. The Balaban J connectivity index is 1.58. The number of hydrogen-bond donors (Lipinski definition) is 1. The first-order valence-corrected chi connectivity index (χ1v) is 8.47. The van der Waals surface area contributed by atoms with Gasteiger partial charge in [-0.15, -0.1) is 0 Å². The number of rotatable bonds is 6. The molecule has 0 atom stereocenters. The predicted molar refractivity (Wildman–Crippen MR) is 106 cm³/mol. The van der Waals surface area contributed by atoms with Crippen molar-refractivity contribution in [3.05, 3.63) is 90.0 Å². The zero-order chi connectivity index (χ0) is 18.4. The summed E-state index contributed by atoms with van der Waals surface area (Å²) in [4.78, 5) is 14.4. The van der Waals surface area contributed by atoms with E-state index in [0.29, 0.717) is 12.2 Å². The Morgan fingerprint density at radius 3 is 2.15 bits per heavy atom. The van der Waals surface area contributed by atoms with E-state index in [0.717, 1.165) is 22.7 Å². The zero-order valence-electron chi connectivity index (χ0n) is 15.0. The summed E-state index contributed by atoms with van der Waals surface area (Å²) in [5, 5.41) is 2.90. The number of benzene rings is 3. The Morgan fingerprint density at radius 1 is 0.885 bits per heavy atom. The SMILES string of the molecule is CN(C)c1ccc(NC(=O)c2ccc(OCc3ccccc3)cc2)cc1. The van der Waals surface area contributed by atoms with Crippen molar-refractivity contribution in [2.24, 2.45) is 0 Å². The van der Waals surface area contributed by atoms with Gasteiger partial charge < -0.3 is 15.0 Å². The Labute approximate surface area is 154 Å². The number of carbonyl (C=O) groups excluding carboxylic acids is 1. The number of amides is 1. The number of carbonyl (C=O) groups is 1. The molecule has 0 aliphatic carbocycles. The minimum Gasteiger partial charge on any atom is -0.489 e. The summed E-state index contributed by atoms with van der Waals surface area (Å²) in [6.45, 7) is 0.505. The topological polar surface area (TPSA) is 41.6 Å².